The van der Waals surface area contributed by atoms with Gasteiger partial charge in [0.05, 0.1) is 12.2 Å². The van der Waals surface area contributed by atoms with E-state index in [1.54, 1.807) is 11.9 Å². The van der Waals surface area contributed by atoms with Crippen LogP contribution in [0.4, 0.5) is 4.79 Å². The summed E-state index contributed by atoms with van der Waals surface area (Å²) in [4.78, 5) is 36.3. The summed E-state index contributed by atoms with van der Waals surface area (Å²) in [5.74, 6) is -0.432. The number of imide groups is 1. The quantitative estimate of drug-likeness (QED) is 0.675. The Hall–Kier alpha value is -2.38. The molecule has 8 heteroatoms. The lowest BCUT2D eigenvalue weighted by atomic mass is 9.96. The van der Waals surface area contributed by atoms with Crippen molar-refractivity contribution < 1.29 is 14.4 Å². The number of nitrogens with zero attached hydrogens (tertiary/aromatic N) is 2. The van der Waals surface area contributed by atoms with Crippen molar-refractivity contribution in [3.8, 4) is 0 Å². The fourth-order valence-electron chi connectivity index (χ4n) is 3.11. The zero-order valence-corrected chi connectivity index (χ0v) is 13.1. The normalized spacial score (nSPS) is 20.0. The van der Waals surface area contributed by atoms with E-state index in [2.05, 4.69) is 20.8 Å². The second kappa shape index (κ2) is 6.39. The van der Waals surface area contributed by atoms with E-state index < -0.39 is 12.1 Å². The molecule has 3 N–H and O–H groups in total. The van der Waals surface area contributed by atoms with Crippen LogP contribution in [0.1, 0.15) is 42.6 Å². The molecule has 0 saturated carbocycles. The van der Waals surface area contributed by atoms with Gasteiger partial charge in [0.25, 0.3) is 5.91 Å². The van der Waals surface area contributed by atoms with E-state index in [0.29, 0.717) is 13.0 Å². The van der Waals surface area contributed by atoms with E-state index in [1.165, 1.54) is 17.7 Å². The predicted octanol–water partition coefficient (Wildman–Crippen LogP) is 0.235. The van der Waals surface area contributed by atoms with Crippen LogP contribution in [0.3, 0.4) is 0 Å². The topological polar surface area (TPSA) is 107 Å². The largest absolute Gasteiger partial charge is 0.340 e. The van der Waals surface area contributed by atoms with E-state index in [1.807, 2.05) is 0 Å². The van der Waals surface area contributed by atoms with Crippen molar-refractivity contribution in [3.63, 3.8) is 0 Å². The molecule has 124 valence electrons. The van der Waals surface area contributed by atoms with Gasteiger partial charge in [0.2, 0.25) is 5.91 Å². The molecule has 3 rings (SSSR count). The smallest absolute Gasteiger partial charge is 0.322 e. The Kier molecular flexibility index (Phi) is 4.31. The molecular weight excluding hydrogens is 298 g/mol. The van der Waals surface area contributed by atoms with Crippen molar-refractivity contribution in [2.45, 2.75) is 51.1 Å². The minimum Gasteiger partial charge on any atom is -0.340 e. The minimum atomic E-state index is -0.613. The van der Waals surface area contributed by atoms with Gasteiger partial charge in [-0.25, -0.2) is 4.79 Å². The van der Waals surface area contributed by atoms with Crippen LogP contribution in [0.5, 0.6) is 0 Å². The highest BCUT2D eigenvalue weighted by molar-refractivity contribution is 6.04. The lowest BCUT2D eigenvalue weighted by Gasteiger charge is -2.18. The number of rotatable bonds is 5. The maximum Gasteiger partial charge on any atom is 0.322 e. The van der Waals surface area contributed by atoms with Gasteiger partial charge in [-0.1, -0.05) is 0 Å². The predicted molar refractivity (Wildman–Crippen MR) is 81.4 cm³/mol. The number of aromatic nitrogens is 2. The summed E-state index contributed by atoms with van der Waals surface area (Å²) in [6.07, 6.45) is 4.89. The van der Waals surface area contributed by atoms with Crippen LogP contribution < -0.4 is 10.6 Å². The fraction of sp³-hybridized carbons (Fsp3) is 0.600. The van der Waals surface area contributed by atoms with Crippen LogP contribution in [0.25, 0.3) is 0 Å². The van der Waals surface area contributed by atoms with E-state index >= 15 is 0 Å². The summed E-state index contributed by atoms with van der Waals surface area (Å²) in [5.41, 5.74) is 3.37. The summed E-state index contributed by atoms with van der Waals surface area (Å²) in [5, 5.41) is 12.1. The summed E-state index contributed by atoms with van der Waals surface area (Å²) in [7, 11) is 1.74. The first-order valence-corrected chi connectivity index (χ1v) is 7.95. The molecule has 2 heterocycles. The van der Waals surface area contributed by atoms with Crippen molar-refractivity contribution in [1.82, 2.24) is 25.7 Å². The van der Waals surface area contributed by atoms with Crippen molar-refractivity contribution in [1.29, 1.82) is 0 Å². The lowest BCUT2D eigenvalue weighted by molar-refractivity contribution is -0.130. The molecule has 0 bridgehead atoms. The summed E-state index contributed by atoms with van der Waals surface area (Å²) in [6, 6.07) is -1.11. The van der Waals surface area contributed by atoms with Gasteiger partial charge in [0, 0.05) is 19.2 Å². The first-order chi connectivity index (χ1) is 11.0. The van der Waals surface area contributed by atoms with Crippen LogP contribution in [-0.4, -0.2) is 46.0 Å². The van der Waals surface area contributed by atoms with Gasteiger partial charge < -0.3 is 10.2 Å². The van der Waals surface area contributed by atoms with Gasteiger partial charge >= 0.3 is 6.03 Å². The molecule has 1 aliphatic carbocycles. The molecule has 0 spiro atoms. The van der Waals surface area contributed by atoms with Crippen LogP contribution >= 0.6 is 0 Å². The Labute approximate surface area is 134 Å². The molecule has 0 radical (unpaired) electrons. The van der Waals surface area contributed by atoms with Crippen LogP contribution in [0.2, 0.25) is 0 Å². The Bertz CT molecular complexity index is 639. The maximum atomic E-state index is 12.2. The molecule has 1 aromatic heterocycles. The SMILES string of the molecule is CN(Cc1n[nH]c2c1CCCC2)C(=O)CC[C@@H]1NC(=O)NC1=O. The van der Waals surface area contributed by atoms with Crippen molar-refractivity contribution in [2.75, 3.05) is 7.05 Å². The van der Waals surface area contributed by atoms with Gasteiger partial charge in [0.15, 0.2) is 0 Å². The molecule has 1 aromatic rings. The third-order valence-electron chi connectivity index (χ3n) is 4.46. The summed E-state index contributed by atoms with van der Waals surface area (Å²) in [6.45, 7) is 0.466. The Balaban J connectivity index is 1.53. The van der Waals surface area contributed by atoms with Crippen molar-refractivity contribution in [3.05, 3.63) is 17.0 Å². The highest BCUT2D eigenvalue weighted by Gasteiger charge is 2.30. The summed E-state index contributed by atoms with van der Waals surface area (Å²) >= 11 is 0. The fourth-order valence-corrected chi connectivity index (χ4v) is 3.11. The lowest BCUT2D eigenvalue weighted by Crippen LogP contribution is -2.32. The standard InChI is InChI=1S/C15H21N5O3/c1-20(8-12-9-4-2-3-5-10(9)18-19-12)13(21)7-6-11-14(22)17-15(23)16-11/h11H,2-8H2,1H3,(H,18,19)(H2,16,17,22,23)/t11-/m0/s1. The number of amides is 4. The zero-order chi connectivity index (χ0) is 16.4. The monoisotopic (exact) mass is 319 g/mol. The average molecular weight is 319 g/mol. The summed E-state index contributed by atoms with van der Waals surface area (Å²) < 4.78 is 0. The van der Waals surface area contributed by atoms with Crippen LogP contribution in [-0.2, 0) is 29.0 Å². The van der Waals surface area contributed by atoms with E-state index in [-0.39, 0.29) is 18.2 Å². The van der Waals surface area contributed by atoms with E-state index in [4.69, 9.17) is 0 Å². The molecular formula is C15H21N5O3. The van der Waals surface area contributed by atoms with Gasteiger partial charge in [0.1, 0.15) is 6.04 Å². The second-order valence-corrected chi connectivity index (χ2v) is 6.14. The number of aromatic amines is 1. The molecule has 1 atom stereocenters. The van der Waals surface area contributed by atoms with Crippen molar-refractivity contribution in [2.24, 2.45) is 0 Å². The average Bonchev–Trinajstić information content (AvgIpc) is 3.08. The van der Waals surface area contributed by atoms with Crippen molar-refractivity contribution >= 4 is 17.8 Å². The van der Waals surface area contributed by atoms with Gasteiger partial charge in [-0.15, -0.1) is 0 Å². The molecule has 4 amide bonds. The number of nitrogens with one attached hydrogen (secondary N) is 3. The highest BCUT2D eigenvalue weighted by atomic mass is 16.2. The number of urea groups is 1. The van der Waals surface area contributed by atoms with E-state index in [0.717, 1.165) is 25.0 Å². The minimum absolute atomic E-state index is 0.0634. The molecule has 0 unspecified atom stereocenters. The van der Waals surface area contributed by atoms with Gasteiger partial charge in [-0.05, 0) is 37.7 Å². The Morgan fingerprint density at radius 2 is 2.09 bits per heavy atom. The number of hydrogen-bond donors (Lipinski definition) is 3. The first-order valence-electron chi connectivity index (χ1n) is 7.95. The molecule has 1 aliphatic heterocycles. The molecule has 2 aliphatic rings. The second-order valence-electron chi connectivity index (χ2n) is 6.14. The molecule has 1 fully saturated rings. The zero-order valence-electron chi connectivity index (χ0n) is 13.1. The third-order valence-corrected chi connectivity index (χ3v) is 4.46. The number of carbonyl (C=O) groups excluding carboxylic acids is 3. The molecule has 23 heavy (non-hydrogen) atoms. The number of hydrogen-bond acceptors (Lipinski definition) is 4. The van der Waals surface area contributed by atoms with E-state index in [9.17, 15) is 14.4 Å². The number of H-pyrrole nitrogens is 1. The molecule has 8 nitrogen and oxygen atoms in total. The maximum absolute atomic E-state index is 12.2. The Morgan fingerprint density at radius 1 is 1.30 bits per heavy atom. The van der Waals surface area contributed by atoms with Crippen LogP contribution in [0.15, 0.2) is 0 Å². The first kappa shape index (κ1) is 15.5. The number of fused-ring (bicyclic) bond motifs is 1. The van der Waals surface area contributed by atoms with Gasteiger partial charge in [-0.3, -0.25) is 20.0 Å². The third kappa shape index (κ3) is 3.35. The highest BCUT2D eigenvalue weighted by Crippen LogP contribution is 2.23. The number of carbonyl (C=O) groups is 3. The molecule has 1 saturated heterocycles. The van der Waals surface area contributed by atoms with Gasteiger partial charge in [-0.2, -0.15) is 5.10 Å². The van der Waals surface area contributed by atoms with Crippen LogP contribution in [0, 0.1) is 0 Å². The number of aryl methyl sites for hydroxylation is 1. The Morgan fingerprint density at radius 3 is 2.83 bits per heavy atom. The molecule has 0 aromatic carbocycles.